The average molecular weight is 511 g/mol. The van der Waals surface area contributed by atoms with Crippen molar-refractivity contribution >= 4 is 27.6 Å². The zero-order valence-electron chi connectivity index (χ0n) is 18.5. The molecule has 0 radical (unpaired) electrons. The second-order valence-corrected chi connectivity index (χ2v) is 9.43. The molecular weight excluding hydrogens is 488 g/mol. The molecule has 4 rings (SSSR count). The molecule has 1 saturated heterocycles. The Hall–Kier alpha value is -3.00. The summed E-state index contributed by atoms with van der Waals surface area (Å²) in [5.74, 6) is 1.18. The van der Waals surface area contributed by atoms with Crippen LogP contribution in [0.25, 0.3) is 5.69 Å². The highest BCUT2D eigenvalue weighted by atomic mass is 35.5. The minimum absolute atomic E-state index is 0.0519. The van der Waals surface area contributed by atoms with Gasteiger partial charge in [0.05, 0.1) is 44.8 Å². The number of halogens is 1. The molecule has 0 amide bonds. The SMILES string of the molecule is COc1cccc(OC)c1-n1c(NS(=O)(=O)CCc2ncc(Cl)cn2)nnc1[C@H]1COCCO1. The van der Waals surface area contributed by atoms with Crippen LogP contribution in [-0.4, -0.2) is 72.9 Å². The van der Waals surface area contributed by atoms with Crippen molar-refractivity contribution in [1.82, 2.24) is 24.7 Å². The summed E-state index contributed by atoms with van der Waals surface area (Å²) in [6, 6.07) is 5.19. The number of aromatic nitrogens is 5. The number of ether oxygens (including phenoxy) is 4. The first-order valence-electron chi connectivity index (χ1n) is 10.2. The Morgan fingerprint density at radius 2 is 1.85 bits per heavy atom. The molecule has 12 nitrogen and oxygen atoms in total. The minimum atomic E-state index is -3.87. The quantitative estimate of drug-likeness (QED) is 0.453. The van der Waals surface area contributed by atoms with E-state index in [9.17, 15) is 8.42 Å². The van der Waals surface area contributed by atoms with E-state index in [1.165, 1.54) is 31.2 Å². The van der Waals surface area contributed by atoms with Gasteiger partial charge in [0.25, 0.3) is 0 Å². The third kappa shape index (κ3) is 5.38. The fourth-order valence-corrected chi connectivity index (χ4v) is 4.43. The Labute approximate surface area is 201 Å². The Morgan fingerprint density at radius 3 is 2.47 bits per heavy atom. The van der Waals surface area contributed by atoms with Gasteiger partial charge in [0, 0.05) is 18.8 Å². The fraction of sp³-hybridized carbons (Fsp3) is 0.400. The number of rotatable bonds is 9. The third-order valence-corrected chi connectivity index (χ3v) is 6.36. The predicted molar refractivity (Wildman–Crippen MR) is 122 cm³/mol. The molecule has 1 atom stereocenters. The summed E-state index contributed by atoms with van der Waals surface area (Å²) in [4.78, 5) is 8.06. The molecule has 2 aromatic heterocycles. The van der Waals surface area contributed by atoms with Gasteiger partial charge in [0.1, 0.15) is 29.1 Å². The van der Waals surface area contributed by atoms with E-state index in [1.807, 2.05) is 0 Å². The Morgan fingerprint density at radius 1 is 1.15 bits per heavy atom. The second-order valence-electron chi connectivity index (χ2n) is 7.15. The molecule has 182 valence electrons. The molecule has 1 aliphatic rings. The van der Waals surface area contributed by atoms with Gasteiger partial charge in [0.15, 0.2) is 5.82 Å². The lowest BCUT2D eigenvalue weighted by Crippen LogP contribution is -2.26. The van der Waals surface area contributed by atoms with Crippen molar-refractivity contribution in [2.75, 3.05) is 44.5 Å². The van der Waals surface area contributed by atoms with Crippen LogP contribution >= 0.6 is 11.6 Å². The van der Waals surface area contributed by atoms with Crippen LogP contribution < -0.4 is 14.2 Å². The van der Waals surface area contributed by atoms with Gasteiger partial charge in [-0.05, 0) is 12.1 Å². The second kappa shape index (κ2) is 10.5. The smallest absolute Gasteiger partial charge is 0.243 e. The molecule has 34 heavy (non-hydrogen) atoms. The molecule has 0 aliphatic carbocycles. The topological polar surface area (TPSA) is 140 Å². The van der Waals surface area contributed by atoms with E-state index in [4.69, 9.17) is 30.5 Å². The van der Waals surface area contributed by atoms with E-state index in [1.54, 1.807) is 18.2 Å². The summed E-state index contributed by atoms with van der Waals surface area (Å²) in [7, 11) is -0.873. The van der Waals surface area contributed by atoms with Gasteiger partial charge in [-0.1, -0.05) is 17.7 Å². The maximum atomic E-state index is 12.9. The van der Waals surface area contributed by atoms with Gasteiger partial charge < -0.3 is 18.9 Å². The summed E-state index contributed by atoms with van der Waals surface area (Å²) in [5.41, 5.74) is 0.417. The number of methoxy groups -OCH3 is 2. The minimum Gasteiger partial charge on any atom is -0.494 e. The van der Waals surface area contributed by atoms with E-state index in [0.29, 0.717) is 47.1 Å². The monoisotopic (exact) mass is 510 g/mol. The van der Waals surface area contributed by atoms with E-state index in [0.717, 1.165) is 0 Å². The molecule has 0 spiro atoms. The normalized spacial score (nSPS) is 16.3. The first-order valence-corrected chi connectivity index (χ1v) is 12.3. The van der Waals surface area contributed by atoms with Gasteiger partial charge >= 0.3 is 0 Å². The molecule has 1 aliphatic heterocycles. The van der Waals surface area contributed by atoms with Crippen molar-refractivity contribution in [1.29, 1.82) is 0 Å². The lowest BCUT2D eigenvalue weighted by molar-refractivity contribution is -0.0941. The van der Waals surface area contributed by atoms with Gasteiger partial charge in [-0.2, -0.15) is 0 Å². The first kappa shape index (κ1) is 24.1. The van der Waals surface area contributed by atoms with Crippen molar-refractivity contribution in [3.63, 3.8) is 0 Å². The number of nitrogens with one attached hydrogen (secondary N) is 1. The maximum absolute atomic E-state index is 12.9. The van der Waals surface area contributed by atoms with E-state index in [2.05, 4.69) is 24.9 Å². The highest BCUT2D eigenvalue weighted by Crippen LogP contribution is 2.37. The van der Waals surface area contributed by atoms with Crippen LogP contribution in [0.1, 0.15) is 17.8 Å². The number of sulfonamides is 1. The molecule has 14 heteroatoms. The molecule has 1 aromatic carbocycles. The zero-order chi connectivity index (χ0) is 24.1. The number of aryl methyl sites for hydroxylation is 1. The molecule has 0 bridgehead atoms. The fourth-order valence-electron chi connectivity index (χ4n) is 3.36. The molecule has 1 N–H and O–H groups in total. The molecular formula is C20H23ClN6O6S. The van der Waals surface area contributed by atoms with Crippen LogP contribution in [0, 0.1) is 0 Å². The maximum Gasteiger partial charge on any atom is 0.243 e. The predicted octanol–water partition coefficient (Wildman–Crippen LogP) is 1.80. The summed E-state index contributed by atoms with van der Waals surface area (Å²) < 4.78 is 52.2. The Bertz CT molecular complexity index is 1210. The summed E-state index contributed by atoms with van der Waals surface area (Å²) in [5, 5.41) is 8.67. The standard InChI is InChI=1S/C20H23ClN6O6S/c1-30-14-4-3-5-15(31-2)18(14)27-19(16-12-32-7-8-33-16)24-25-20(27)26-34(28,29)9-6-17-22-10-13(21)11-23-17/h3-5,10-11,16H,6-9,12H2,1-2H3,(H,25,26)/t16-/m1/s1. The van der Waals surface area contributed by atoms with Crippen LogP contribution in [0.3, 0.4) is 0 Å². The number of hydrogen-bond donors (Lipinski definition) is 1. The largest absolute Gasteiger partial charge is 0.494 e. The van der Waals surface area contributed by atoms with Gasteiger partial charge in [-0.3, -0.25) is 9.29 Å². The number of benzene rings is 1. The summed E-state index contributed by atoms with van der Waals surface area (Å²) in [6.45, 7) is 1.05. The lowest BCUT2D eigenvalue weighted by Gasteiger charge is -2.24. The van der Waals surface area contributed by atoms with Crippen LogP contribution in [0.15, 0.2) is 30.6 Å². The number of nitrogens with zero attached hydrogens (tertiary/aromatic N) is 5. The summed E-state index contributed by atoms with van der Waals surface area (Å²) in [6.07, 6.45) is 2.32. The highest BCUT2D eigenvalue weighted by Gasteiger charge is 2.30. The van der Waals surface area contributed by atoms with Crippen molar-refractivity contribution in [3.05, 3.63) is 47.3 Å². The van der Waals surface area contributed by atoms with Crippen molar-refractivity contribution in [2.24, 2.45) is 0 Å². The van der Waals surface area contributed by atoms with Gasteiger partial charge in [-0.25, -0.2) is 18.4 Å². The van der Waals surface area contributed by atoms with Crippen molar-refractivity contribution < 1.29 is 27.4 Å². The van der Waals surface area contributed by atoms with Gasteiger partial charge in [-0.15, -0.1) is 10.2 Å². The molecule has 3 aromatic rings. The van der Waals surface area contributed by atoms with Crippen molar-refractivity contribution in [3.8, 4) is 17.2 Å². The van der Waals surface area contributed by atoms with E-state index < -0.39 is 16.1 Å². The third-order valence-electron chi connectivity index (χ3n) is 4.93. The first-order chi connectivity index (χ1) is 16.4. The number of para-hydroxylation sites is 1. The van der Waals surface area contributed by atoms with Crippen LogP contribution in [0.4, 0.5) is 5.95 Å². The number of hydrogen-bond acceptors (Lipinski definition) is 10. The number of anilines is 1. The van der Waals surface area contributed by atoms with Crippen LogP contribution in [0.5, 0.6) is 11.5 Å². The van der Waals surface area contributed by atoms with E-state index in [-0.39, 0.29) is 24.7 Å². The molecule has 3 heterocycles. The molecule has 1 fully saturated rings. The van der Waals surface area contributed by atoms with E-state index >= 15 is 0 Å². The highest BCUT2D eigenvalue weighted by molar-refractivity contribution is 7.92. The average Bonchev–Trinajstić information content (AvgIpc) is 3.25. The Kier molecular flexibility index (Phi) is 7.46. The molecule has 0 saturated carbocycles. The molecule has 0 unspecified atom stereocenters. The van der Waals surface area contributed by atoms with Crippen molar-refractivity contribution in [2.45, 2.75) is 12.5 Å². The van der Waals surface area contributed by atoms with Gasteiger partial charge in [0.2, 0.25) is 16.0 Å². The summed E-state index contributed by atoms with van der Waals surface area (Å²) >= 11 is 5.79. The van der Waals surface area contributed by atoms with Crippen LogP contribution in [-0.2, 0) is 25.9 Å². The van der Waals surface area contributed by atoms with Crippen LogP contribution in [0.2, 0.25) is 5.02 Å². The lowest BCUT2D eigenvalue weighted by atomic mass is 10.2. The zero-order valence-corrected chi connectivity index (χ0v) is 20.0. The Balaban J connectivity index is 1.70.